The van der Waals surface area contributed by atoms with Gasteiger partial charge >= 0.3 is 0 Å². The number of hydrogen-bond donors (Lipinski definition) is 1. The Labute approximate surface area is 135 Å². The second-order valence-electron chi connectivity index (χ2n) is 5.51. The molecule has 118 valence electrons. The molecule has 0 aliphatic carbocycles. The molecule has 5 nitrogen and oxygen atoms in total. The molecular weight excluding hydrogens is 302 g/mol. The molecule has 1 fully saturated rings. The van der Waals surface area contributed by atoms with Crippen LogP contribution in [0.1, 0.15) is 5.69 Å². The molecule has 2 aromatic rings. The highest BCUT2D eigenvalue weighted by molar-refractivity contribution is 6.33. The molecule has 0 bridgehead atoms. The van der Waals surface area contributed by atoms with Crippen LogP contribution in [0.2, 0.25) is 5.02 Å². The second-order valence-corrected chi connectivity index (χ2v) is 5.92. The Morgan fingerprint density at radius 3 is 3.09 bits per heavy atom. The fourth-order valence-corrected chi connectivity index (χ4v) is 2.71. The second kappa shape index (κ2) is 7.24. The highest BCUT2D eigenvalue weighted by Gasteiger charge is 2.17. The summed E-state index contributed by atoms with van der Waals surface area (Å²) in [5.41, 5.74) is 1.67. The van der Waals surface area contributed by atoms with Crippen molar-refractivity contribution in [1.82, 2.24) is 15.2 Å². The molecule has 22 heavy (non-hydrogen) atoms. The molecule has 1 aromatic carbocycles. The number of rotatable bonds is 5. The van der Waals surface area contributed by atoms with Crippen LogP contribution in [0.4, 0.5) is 0 Å². The topological polar surface area (TPSA) is 50.5 Å². The molecule has 6 heteroatoms. The highest BCUT2D eigenvalue weighted by atomic mass is 35.5. The Morgan fingerprint density at radius 1 is 1.41 bits per heavy atom. The first-order chi connectivity index (χ1) is 10.7. The number of likely N-dealkylation sites (N-methyl/N-ethyl adjacent to an activating group) is 1. The van der Waals surface area contributed by atoms with Gasteiger partial charge in [0.2, 0.25) is 5.89 Å². The van der Waals surface area contributed by atoms with Gasteiger partial charge in [-0.3, -0.25) is 0 Å². The van der Waals surface area contributed by atoms with E-state index >= 15 is 0 Å². The highest BCUT2D eigenvalue weighted by Crippen LogP contribution is 2.26. The van der Waals surface area contributed by atoms with Crippen LogP contribution in [-0.2, 0) is 11.3 Å². The third-order valence-electron chi connectivity index (χ3n) is 3.68. The smallest absolute Gasteiger partial charge is 0.227 e. The summed E-state index contributed by atoms with van der Waals surface area (Å²) in [4.78, 5) is 6.75. The lowest BCUT2D eigenvalue weighted by molar-refractivity contribution is -0.0182. The van der Waals surface area contributed by atoms with E-state index in [2.05, 4.69) is 22.2 Å². The molecule has 1 atom stereocenters. The predicted octanol–water partition coefficient (Wildman–Crippen LogP) is 2.42. The quantitative estimate of drug-likeness (QED) is 0.916. The fourth-order valence-electron chi connectivity index (χ4n) is 2.50. The fraction of sp³-hybridized carbons (Fsp3) is 0.438. The maximum Gasteiger partial charge on any atom is 0.227 e. The first-order valence-corrected chi connectivity index (χ1v) is 7.80. The van der Waals surface area contributed by atoms with Crippen molar-refractivity contribution < 1.29 is 9.15 Å². The number of aromatic nitrogens is 1. The predicted molar refractivity (Wildman–Crippen MR) is 85.9 cm³/mol. The van der Waals surface area contributed by atoms with E-state index in [4.69, 9.17) is 20.8 Å². The van der Waals surface area contributed by atoms with Crippen molar-refractivity contribution in [3.05, 3.63) is 41.2 Å². The van der Waals surface area contributed by atoms with E-state index in [1.807, 2.05) is 24.3 Å². The van der Waals surface area contributed by atoms with Gasteiger partial charge in [-0.05, 0) is 19.2 Å². The standard InChI is InChI=1S/C16H20ClN3O2/c1-20-6-7-21-13(10-20)9-18-8-12-11-22-16(19-12)14-4-2-3-5-15(14)17/h2-5,11,13,18H,6-10H2,1H3. The molecule has 0 amide bonds. The van der Waals surface area contributed by atoms with Crippen molar-refractivity contribution in [2.24, 2.45) is 0 Å². The van der Waals surface area contributed by atoms with Gasteiger partial charge in [-0.15, -0.1) is 0 Å². The first kappa shape index (κ1) is 15.5. The van der Waals surface area contributed by atoms with Crippen LogP contribution in [0, 0.1) is 0 Å². The number of hydrogen-bond acceptors (Lipinski definition) is 5. The average molecular weight is 322 g/mol. The van der Waals surface area contributed by atoms with Gasteiger partial charge in [0, 0.05) is 26.2 Å². The van der Waals surface area contributed by atoms with Gasteiger partial charge in [-0.25, -0.2) is 4.98 Å². The van der Waals surface area contributed by atoms with Crippen LogP contribution in [0.15, 0.2) is 34.9 Å². The van der Waals surface area contributed by atoms with Gasteiger partial charge in [0.15, 0.2) is 0 Å². The van der Waals surface area contributed by atoms with Gasteiger partial charge in [-0.1, -0.05) is 23.7 Å². The summed E-state index contributed by atoms with van der Waals surface area (Å²) in [5, 5.41) is 4.01. The van der Waals surface area contributed by atoms with Crippen molar-refractivity contribution >= 4 is 11.6 Å². The average Bonchev–Trinajstić information content (AvgIpc) is 2.96. The molecule has 0 radical (unpaired) electrons. The van der Waals surface area contributed by atoms with Crippen LogP contribution >= 0.6 is 11.6 Å². The van der Waals surface area contributed by atoms with Gasteiger partial charge in [0.25, 0.3) is 0 Å². The van der Waals surface area contributed by atoms with Crippen molar-refractivity contribution in [2.75, 3.05) is 33.3 Å². The maximum atomic E-state index is 6.15. The minimum atomic E-state index is 0.230. The maximum absolute atomic E-state index is 6.15. The molecule has 0 spiro atoms. The van der Waals surface area contributed by atoms with Crippen LogP contribution < -0.4 is 5.32 Å². The summed E-state index contributed by atoms with van der Waals surface area (Å²) in [7, 11) is 2.11. The lowest BCUT2D eigenvalue weighted by Gasteiger charge is -2.30. The minimum Gasteiger partial charge on any atom is -0.444 e. The van der Waals surface area contributed by atoms with Gasteiger partial charge in [0.1, 0.15) is 6.26 Å². The van der Waals surface area contributed by atoms with E-state index in [9.17, 15) is 0 Å². The molecule has 1 N–H and O–H groups in total. The number of morpholine rings is 1. The number of ether oxygens (including phenoxy) is 1. The number of oxazole rings is 1. The van der Waals surface area contributed by atoms with Gasteiger partial charge < -0.3 is 19.4 Å². The lowest BCUT2D eigenvalue weighted by Crippen LogP contribution is -2.44. The number of nitrogens with one attached hydrogen (secondary N) is 1. The van der Waals surface area contributed by atoms with Crippen LogP contribution in [-0.4, -0.2) is 49.3 Å². The van der Waals surface area contributed by atoms with Gasteiger partial charge in [-0.2, -0.15) is 0 Å². The van der Waals surface area contributed by atoms with Crippen LogP contribution in [0.25, 0.3) is 11.5 Å². The molecule has 1 saturated heterocycles. The third kappa shape index (κ3) is 3.87. The normalized spacial score (nSPS) is 19.5. The monoisotopic (exact) mass is 321 g/mol. The molecular formula is C16H20ClN3O2. The SMILES string of the molecule is CN1CCOC(CNCc2coc(-c3ccccc3Cl)n2)C1. The van der Waals surface area contributed by atoms with E-state index in [-0.39, 0.29) is 6.10 Å². The minimum absolute atomic E-state index is 0.230. The molecule has 3 rings (SSSR count). The summed E-state index contributed by atoms with van der Waals surface area (Å²) < 4.78 is 11.2. The molecule has 2 heterocycles. The number of benzene rings is 1. The Hall–Kier alpha value is -1.40. The molecule has 1 aromatic heterocycles. The summed E-state index contributed by atoms with van der Waals surface area (Å²) in [6, 6.07) is 7.53. The van der Waals surface area contributed by atoms with Crippen molar-refractivity contribution in [1.29, 1.82) is 0 Å². The van der Waals surface area contributed by atoms with E-state index < -0.39 is 0 Å². The Morgan fingerprint density at radius 2 is 2.27 bits per heavy atom. The van der Waals surface area contributed by atoms with Crippen LogP contribution in [0.5, 0.6) is 0 Å². The molecule has 1 aliphatic heterocycles. The molecule has 1 aliphatic rings. The summed E-state index contributed by atoms with van der Waals surface area (Å²) in [6.45, 7) is 4.21. The summed E-state index contributed by atoms with van der Waals surface area (Å²) in [5.74, 6) is 0.552. The molecule has 0 saturated carbocycles. The zero-order valence-electron chi connectivity index (χ0n) is 12.6. The third-order valence-corrected chi connectivity index (χ3v) is 4.01. The van der Waals surface area contributed by atoms with Crippen molar-refractivity contribution in [3.63, 3.8) is 0 Å². The van der Waals surface area contributed by atoms with E-state index in [1.165, 1.54) is 0 Å². The van der Waals surface area contributed by atoms with Crippen molar-refractivity contribution in [2.45, 2.75) is 12.6 Å². The van der Waals surface area contributed by atoms with Gasteiger partial charge in [0.05, 0.1) is 29.0 Å². The lowest BCUT2D eigenvalue weighted by atomic mass is 10.2. The zero-order valence-corrected chi connectivity index (χ0v) is 13.3. The van der Waals surface area contributed by atoms with Crippen molar-refractivity contribution in [3.8, 4) is 11.5 Å². The summed E-state index contributed by atoms with van der Waals surface area (Å²) in [6.07, 6.45) is 1.90. The number of nitrogens with zero attached hydrogens (tertiary/aromatic N) is 2. The number of halogens is 1. The largest absolute Gasteiger partial charge is 0.444 e. The zero-order chi connectivity index (χ0) is 15.4. The van der Waals surface area contributed by atoms with Crippen LogP contribution in [0.3, 0.4) is 0 Å². The molecule has 1 unspecified atom stereocenters. The van der Waals surface area contributed by atoms with E-state index in [0.717, 1.165) is 37.5 Å². The van der Waals surface area contributed by atoms with E-state index in [0.29, 0.717) is 17.5 Å². The summed E-state index contributed by atoms with van der Waals surface area (Å²) >= 11 is 6.15. The Balaban J connectivity index is 1.53. The Kier molecular flexibility index (Phi) is 5.10. The first-order valence-electron chi connectivity index (χ1n) is 7.42. The van der Waals surface area contributed by atoms with E-state index in [1.54, 1.807) is 6.26 Å². The Bertz CT molecular complexity index is 617.